The summed E-state index contributed by atoms with van der Waals surface area (Å²) in [6.45, 7) is 4.18. The van der Waals surface area contributed by atoms with Gasteiger partial charge in [0, 0.05) is 30.9 Å². The summed E-state index contributed by atoms with van der Waals surface area (Å²) in [5, 5.41) is 0. The predicted molar refractivity (Wildman–Crippen MR) is 127 cm³/mol. The molecular weight excluding hydrogens is 466 g/mol. The van der Waals surface area contributed by atoms with Crippen LogP contribution in [-0.2, 0) is 24.8 Å². The number of nitrogens with zero attached hydrogens (tertiary/aromatic N) is 2. The van der Waals surface area contributed by atoms with Gasteiger partial charge in [-0.15, -0.1) is 0 Å². The normalized spacial score (nSPS) is 19.0. The Labute approximate surface area is 194 Å². The van der Waals surface area contributed by atoms with E-state index < -0.39 is 26.0 Å². The van der Waals surface area contributed by atoms with Gasteiger partial charge in [0.15, 0.2) is 0 Å². The van der Waals surface area contributed by atoms with Gasteiger partial charge < -0.3 is 9.64 Å². The molecule has 0 bridgehead atoms. The number of ether oxygens (including phenoxy) is 1. The van der Waals surface area contributed by atoms with Gasteiger partial charge in [0.05, 0.1) is 18.6 Å². The van der Waals surface area contributed by atoms with E-state index in [1.807, 2.05) is 12.1 Å². The molecule has 1 N–H and O–H groups in total. The number of sulfonamides is 2. The van der Waals surface area contributed by atoms with Gasteiger partial charge in [-0.3, -0.25) is 9.52 Å². The van der Waals surface area contributed by atoms with Crippen LogP contribution in [0.15, 0.2) is 47.4 Å². The number of carbonyl (C=O) groups excluding carboxylic acids is 1. The van der Waals surface area contributed by atoms with Gasteiger partial charge in [-0.25, -0.2) is 21.1 Å². The molecule has 4 rings (SSSR count). The van der Waals surface area contributed by atoms with Gasteiger partial charge in [0.1, 0.15) is 10.6 Å². The van der Waals surface area contributed by atoms with Crippen molar-refractivity contribution in [3.05, 3.63) is 42.5 Å². The Morgan fingerprint density at radius 2 is 1.67 bits per heavy atom. The van der Waals surface area contributed by atoms with E-state index in [-0.39, 0.29) is 28.5 Å². The summed E-state index contributed by atoms with van der Waals surface area (Å²) in [4.78, 5) is 14.1. The first kappa shape index (κ1) is 23.4. The Hall–Kier alpha value is -2.79. The molecule has 2 aromatic carbocycles. The molecule has 2 aliphatic rings. The van der Waals surface area contributed by atoms with Crippen molar-refractivity contribution in [2.45, 2.75) is 31.1 Å². The number of carbonyl (C=O) groups is 1. The third-order valence-electron chi connectivity index (χ3n) is 6.02. The van der Waals surface area contributed by atoms with Crippen LogP contribution in [0, 0.1) is 5.92 Å². The van der Waals surface area contributed by atoms with E-state index in [2.05, 4.69) is 16.5 Å². The first-order valence-electron chi connectivity index (χ1n) is 10.7. The van der Waals surface area contributed by atoms with E-state index in [1.54, 1.807) is 12.1 Å². The number of methoxy groups -OCH3 is 1. The van der Waals surface area contributed by atoms with Crippen molar-refractivity contribution in [1.82, 2.24) is 0 Å². The van der Waals surface area contributed by atoms with Crippen molar-refractivity contribution in [3.63, 3.8) is 0 Å². The molecule has 2 saturated heterocycles. The van der Waals surface area contributed by atoms with Crippen molar-refractivity contribution >= 4 is 43.0 Å². The topological polar surface area (TPSA) is 113 Å². The van der Waals surface area contributed by atoms with Crippen molar-refractivity contribution in [1.29, 1.82) is 0 Å². The monoisotopic (exact) mass is 493 g/mol. The molecule has 0 spiro atoms. The molecule has 9 nitrogen and oxygen atoms in total. The fourth-order valence-electron chi connectivity index (χ4n) is 4.09. The third kappa shape index (κ3) is 4.79. The number of rotatable bonds is 6. The zero-order chi connectivity index (χ0) is 23.8. The van der Waals surface area contributed by atoms with E-state index in [1.165, 1.54) is 19.2 Å². The number of benzene rings is 2. The van der Waals surface area contributed by atoms with Gasteiger partial charge >= 0.3 is 0 Å². The van der Waals surface area contributed by atoms with Crippen LogP contribution in [0.2, 0.25) is 0 Å². The van der Waals surface area contributed by atoms with Crippen molar-refractivity contribution in [3.8, 4) is 5.75 Å². The molecule has 0 aromatic heterocycles. The fourth-order valence-corrected chi connectivity index (χ4v) is 6.79. The minimum absolute atomic E-state index is 0.0339. The minimum atomic E-state index is -4.13. The van der Waals surface area contributed by atoms with Crippen molar-refractivity contribution in [2.24, 2.45) is 5.92 Å². The molecule has 0 atom stereocenters. The molecule has 11 heteroatoms. The molecule has 0 aliphatic carbocycles. The maximum atomic E-state index is 13.2. The summed E-state index contributed by atoms with van der Waals surface area (Å²) in [6, 6.07) is 11.0. The Kier molecular flexibility index (Phi) is 6.28. The van der Waals surface area contributed by atoms with E-state index in [9.17, 15) is 21.6 Å². The van der Waals surface area contributed by atoms with Gasteiger partial charge in [-0.2, -0.15) is 0 Å². The Morgan fingerprint density at radius 3 is 2.24 bits per heavy atom. The van der Waals surface area contributed by atoms with Gasteiger partial charge in [-0.05, 0) is 61.2 Å². The summed E-state index contributed by atoms with van der Waals surface area (Å²) in [7, 11) is -6.64. The number of hydrogen-bond donors (Lipinski definition) is 1. The summed E-state index contributed by atoms with van der Waals surface area (Å²) in [5.74, 6) is -0.155. The first-order valence-corrected chi connectivity index (χ1v) is 13.8. The lowest BCUT2D eigenvalue weighted by molar-refractivity contribution is -0.116. The lowest BCUT2D eigenvalue weighted by Gasteiger charge is -2.32. The van der Waals surface area contributed by atoms with Crippen LogP contribution in [0.1, 0.15) is 26.2 Å². The fraction of sp³-hybridized carbons (Fsp3) is 0.409. The predicted octanol–water partition coefficient (Wildman–Crippen LogP) is 2.80. The first-order chi connectivity index (χ1) is 15.6. The smallest absolute Gasteiger partial charge is 0.265 e. The average molecular weight is 494 g/mol. The number of amides is 1. The number of piperidine rings is 1. The van der Waals surface area contributed by atoms with Gasteiger partial charge in [0.25, 0.3) is 10.0 Å². The van der Waals surface area contributed by atoms with Crippen LogP contribution >= 0.6 is 0 Å². The molecule has 2 aliphatic heterocycles. The second kappa shape index (κ2) is 8.86. The summed E-state index contributed by atoms with van der Waals surface area (Å²) in [6.07, 6.45) is 2.11. The highest BCUT2D eigenvalue weighted by molar-refractivity contribution is 7.94. The molecule has 1 amide bonds. The standard InChI is InChI=1S/C22H27N3O6S2/c1-16-9-12-24(13-10-16)18-5-3-17(4-6-18)23-33(29,30)21-15-19(7-8-20(21)31-2)25-22(26)11-14-32(25,27)28/h3-8,15-16,23H,9-14H2,1-2H3. The lowest BCUT2D eigenvalue weighted by Crippen LogP contribution is -2.32. The second-order valence-electron chi connectivity index (χ2n) is 8.38. The maximum absolute atomic E-state index is 13.2. The maximum Gasteiger partial charge on any atom is 0.265 e. The number of hydrogen-bond acceptors (Lipinski definition) is 7. The highest BCUT2D eigenvalue weighted by Crippen LogP contribution is 2.34. The van der Waals surface area contributed by atoms with E-state index in [0.29, 0.717) is 15.9 Å². The van der Waals surface area contributed by atoms with E-state index in [4.69, 9.17) is 4.74 Å². The summed E-state index contributed by atoms with van der Waals surface area (Å²) >= 11 is 0. The Balaban J connectivity index is 1.60. The lowest BCUT2D eigenvalue weighted by atomic mass is 9.99. The molecule has 2 heterocycles. The average Bonchev–Trinajstić information content (AvgIpc) is 3.06. The van der Waals surface area contributed by atoms with Crippen LogP contribution < -0.4 is 18.7 Å². The van der Waals surface area contributed by atoms with Crippen LogP contribution in [0.5, 0.6) is 5.75 Å². The highest BCUT2D eigenvalue weighted by atomic mass is 32.2. The van der Waals surface area contributed by atoms with Gasteiger partial charge in [0.2, 0.25) is 15.9 Å². The third-order valence-corrected chi connectivity index (χ3v) is 9.11. The van der Waals surface area contributed by atoms with Crippen LogP contribution in [-0.4, -0.2) is 48.7 Å². The number of anilines is 3. The molecule has 0 radical (unpaired) electrons. The Bertz CT molecular complexity index is 1250. The van der Waals surface area contributed by atoms with Crippen LogP contribution in [0.4, 0.5) is 17.1 Å². The molecule has 0 unspecified atom stereocenters. The van der Waals surface area contributed by atoms with Crippen molar-refractivity contribution in [2.75, 3.05) is 39.9 Å². The molecule has 0 saturated carbocycles. The van der Waals surface area contributed by atoms with Crippen LogP contribution in [0.3, 0.4) is 0 Å². The van der Waals surface area contributed by atoms with E-state index >= 15 is 0 Å². The molecule has 2 aromatic rings. The Morgan fingerprint density at radius 1 is 1.03 bits per heavy atom. The molecular formula is C22H27N3O6S2. The zero-order valence-corrected chi connectivity index (χ0v) is 20.2. The SMILES string of the molecule is COc1ccc(N2C(=O)CCS2(=O)=O)cc1S(=O)(=O)Nc1ccc(N2CCC(C)CC2)cc1. The highest BCUT2D eigenvalue weighted by Gasteiger charge is 2.37. The number of nitrogens with one attached hydrogen (secondary N) is 1. The quantitative estimate of drug-likeness (QED) is 0.658. The molecule has 178 valence electrons. The van der Waals surface area contributed by atoms with Crippen molar-refractivity contribution < 1.29 is 26.4 Å². The second-order valence-corrected chi connectivity index (χ2v) is 12.0. The summed E-state index contributed by atoms with van der Waals surface area (Å²) < 4.78 is 59.2. The zero-order valence-electron chi connectivity index (χ0n) is 18.5. The molecule has 2 fully saturated rings. The molecule has 33 heavy (non-hydrogen) atoms. The minimum Gasteiger partial charge on any atom is -0.495 e. The van der Waals surface area contributed by atoms with Gasteiger partial charge in [-0.1, -0.05) is 6.92 Å². The largest absolute Gasteiger partial charge is 0.495 e. The van der Waals surface area contributed by atoms with Crippen LogP contribution in [0.25, 0.3) is 0 Å². The summed E-state index contributed by atoms with van der Waals surface area (Å²) in [5.41, 5.74) is 1.36. The van der Waals surface area contributed by atoms with E-state index in [0.717, 1.165) is 37.7 Å².